The molecule has 1 aromatic carbocycles. The highest BCUT2D eigenvalue weighted by molar-refractivity contribution is 8.16. The third-order valence-electron chi connectivity index (χ3n) is 7.91. The molecule has 1 N–H and O–H groups in total. The number of hydrogen-bond acceptors (Lipinski definition) is 10. The minimum Gasteiger partial charge on any atom is -0.507 e. The number of ether oxygens (including phenoxy) is 1. The Labute approximate surface area is 242 Å². The van der Waals surface area contributed by atoms with Crippen molar-refractivity contribution in [3.05, 3.63) is 42.5 Å². The van der Waals surface area contributed by atoms with E-state index in [1.165, 1.54) is 24.6 Å². The van der Waals surface area contributed by atoms with Gasteiger partial charge in [0.05, 0.1) is 17.8 Å². The Balaban J connectivity index is 1.24. The summed E-state index contributed by atoms with van der Waals surface area (Å²) in [6, 6.07) is 7.61. The van der Waals surface area contributed by atoms with Crippen molar-refractivity contribution in [1.82, 2.24) is 20.2 Å². The lowest BCUT2D eigenvalue weighted by Crippen LogP contribution is -2.52. The molecule has 3 aromatic rings. The monoisotopic (exact) mass is 589 g/mol. The van der Waals surface area contributed by atoms with E-state index >= 15 is 4.39 Å². The van der Waals surface area contributed by atoms with Crippen LogP contribution in [0.3, 0.4) is 0 Å². The predicted octanol–water partition coefficient (Wildman–Crippen LogP) is 6.11. The van der Waals surface area contributed by atoms with Gasteiger partial charge in [0.15, 0.2) is 11.6 Å². The van der Waals surface area contributed by atoms with Gasteiger partial charge in [-0.2, -0.15) is 9.37 Å². The lowest BCUT2D eigenvalue weighted by molar-refractivity contribution is 0.0631. The molecule has 3 fully saturated rings. The number of anilines is 1. The van der Waals surface area contributed by atoms with Crippen molar-refractivity contribution in [2.45, 2.75) is 66.8 Å². The maximum atomic E-state index is 15.6. The Morgan fingerprint density at radius 3 is 2.51 bits per heavy atom. The van der Waals surface area contributed by atoms with E-state index in [0.29, 0.717) is 28.4 Å². The van der Waals surface area contributed by atoms with Gasteiger partial charge in [-0.3, -0.25) is 0 Å². The van der Waals surface area contributed by atoms with Crippen molar-refractivity contribution in [3.63, 3.8) is 0 Å². The molecular formula is C27H29F2N5O2S3. The highest BCUT2D eigenvalue weighted by Gasteiger charge is 2.46. The first-order valence-corrected chi connectivity index (χ1v) is 14.5. The number of hydrogen-bond donors (Lipinski definition) is 4. The van der Waals surface area contributed by atoms with Gasteiger partial charge in [-0.05, 0) is 67.2 Å². The van der Waals surface area contributed by atoms with E-state index < -0.39 is 15.7 Å². The standard InChI is InChI=1S/C27H29F2N5O2S3/c28-22-11-17(12-24(31-22)36-27(37,38)39)15-4-7-19(21(35)10-15)26-30-13-23(32-33-26)34(18-5-6-18)20-9-14-2-1-3-16(8-14)25(20)29/h4,7,10-14,16,18,20,25,35,37-39H,1-3,5-6,8-9H2/t14-,16+,20+,25-/m1/s1. The van der Waals surface area contributed by atoms with E-state index in [1.807, 2.05) is 0 Å². The van der Waals surface area contributed by atoms with Crippen LogP contribution in [0.15, 0.2) is 36.5 Å². The second-order valence-corrected chi connectivity index (χ2v) is 13.7. The zero-order valence-corrected chi connectivity index (χ0v) is 23.7. The minimum atomic E-state index is -1.45. The van der Waals surface area contributed by atoms with Crippen LogP contribution >= 0.6 is 37.9 Å². The third-order valence-corrected chi connectivity index (χ3v) is 8.19. The maximum absolute atomic E-state index is 15.6. The molecule has 0 aliphatic heterocycles. The molecule has 12 heteroatoms. The molecule has 39 heavy (non-hydrogen) atoms. The fourth-order valence-corrected chi connectivity index (χ4v) is 6.39. The van der Waals surface area contributed by atoms with Gasteiger partial charge in [0, 0.05) is 18.2 Å². The van der Waals surface area contributed by atoms with Crippen LogP contribution < -0.4 is 9.64 Å². The summed E-state index contributed by atoms with van der Waals surface area (Å²) in [7, 11) is 0. The van der Waals surface area contributed by atoms with Crippen molar-refractivity contribution in [3.8, 4) is 34.1 Å². The van der Waals surface area contributed by atoms with Crippen molar-refractivity contribution < 1.29 is 18.6 Å². The van der Waals surface area contributed by atoms with Gasteiger partial charge in [0.25, 0.3) is 0 Å². The first-order chi connectivity index (χ1) is 18.6. The highest BCUT2D eigenvalue weighted by Crippen LogP contribution is 2.46. The number of aromatic nitrogens is 4. The zero-order valence-electron chi connectivity index (χ0n) is 21.0. The Bertz CT molecular complexity index is 1360. The van der Waals surface area contributed by atoms with Crippen LogP contribution in [0.4, 0.5) is 14.6 Å². The Morgan fingerprint density at radius 1 is 1.00 bits per heavy atom. The Kier molecular flexibility index (Phi) is 7.30. The number of halogens is 2. The lowest BCUT2D eigenvalue weighted by Gasteiger charge is -2.46. The van der Waals surface area contributed by atoms with Crippen LogP contribution in [0.5, 0.6) is 11.6 Å². The molecule has 2 aromatic heterocycles. The average molecular weight is 590 g/mol. The second kappa shape index (κ2) is 10.6. The van der Waals surface area contributed by atoms with Crippen molar-refractivity contribution in [1.29, 1.82) is 0 Å². The molecule has 0 radical (unpaired) electrons. The summed E-state index contributed by atoms with van der Waals surface area (Å²) >= 11 is 12.1. The molecule has 2 heterocycles. The molecule has 0 spiro atoms. The number of thiol groups is 3. The smallest absolute Gasteiger partial charge is 0.242 e. The predicted molar refractivity (Wildman–Crippen MR) is 155 cm³/mol. The van der Waals surface area contributed by atoms with Gasteiger partial charge >= 0.3 is 0 Å². The quantitative estimate of drug-likeness (QED) is 0.150. The Hall–Kier alpha value is -2.31. The molecule has 206 valence electrons. The van der Waals surface area contributed by atoms with Crippen LogP contribution in [-0.4, -0.2) is 47.1 Å². The molecule has 3 aliphatic carbocycles. The fourth-order valence-electron chi connectivity index (χ4n) is 6.11. The number of phenolic OH excluding ortho intramolecular Hbond substituents is 1. The third kappa shape index (κ3) is 5.92. The number of aromatic hydroxyl groups is 1. The van der Waals surface area contributed by atoms with E-state index in [1.54, 1.807) is 18.3 Å². The van der Waals surface area contributed by atoms with Crippen molar-refractivity contribution in [2.75, 3.05) is 4.90 Å². The summed E-state index contributed by atoms with van der Waals surface area (Å²) in [5.74, 6) is 0.596. The topological polar surface area (TPSA) is 84.3 Å². The lowest BCUT2D eigenvalue weighted by atomic mass is 9.69. The van der Waals surface area contributed by atoms with E-state index in [-0.39, 0.29) is 35.5 Å². The number of rotatable bonds is 7. The number of pyridine rings is 1. The first-order valence-electron chi connectivity index (χ1n) is 13.1. The van der Waals surface area contributed by atoms with E-state index in [9.17, 15) is 9.50 Å². The summed E-state index contributed by atoms with van der Waals surface area (Å²) in [6.45, 7) is 0. The summed E-state index contributed by atoms with van der Waals surface area (Å²) in [4.78, 5) is 10.3. The minimum absolute atomic E-state index is 0.0611. The van der Waals surface area contributed by atoms with Gasteiger partial charge in [0.1, 0.15) is 11.9 Å². The van der Waals surface area contributed by atoms with Crippen LogP contribution in [0.1, 0.15) is 44.9 Å². The molecule has 0 saturated heterocycles. The molecule has 2 bridgehead atoms. The van der Waals surface area contributed by atoms with Gasteiger partial charge in [-0.15, -0.1) is 48.1 Å². The SMILES string of the molecule is Oc1cc(-c2cc(F)nc(OC(S)(S)S)c2)ccc1-c1ncc(N(C2CC2)[C@H]2C[C@@H]3CCC[C@@H](C3)[C@H]2F)nn1. The first kappa shape index (κ1) is 26.9. The van der Waals surface area contributed by atoms with Gasteiger partial charge in [-0.1, -0.05) is 18.9 Å². The molecular weight excluding hydrogens is 561 g/mol. The summed E-state index contributed by atoms with van der Waals surface area (Å²) in [6.07, 6.45) is 7.90. The largest absolute Gasteiger partial charge is 0.507 e. The zero-order chi connectivity index (χ0) is 27.3. The Morgan fingerprint density at radius 2 is 1.82 bits per heavy atom. The molecule has 0 amide bonds. The number of benzene rings is 1. The van der Waals surface area contributed by atoms with Gasteiger partial charge in [-0.25, -0.2) is 9.37 Å². The van der Waals surface area contributed by atoms with E-state index in [4.69, 9.17) is 4.74 Å². The van der Waals surface area contributed by atoms with E-state index in [0.717, 1.165) is 38.5 Å². The van der Waals surface area contributed by atoms with Crippen LogP contribution in [0.25, 0.3) is 22.5 Å². The van der Waals surface area contributed by atoms with Crippen LogP contribution in [0, 0.1) is 17.8 Å². The number of alkyl halides is 1. The van der Waals surface area contributed by atoms with Crippen LogP contribution in [-0.2, 0) is 0 Å². The van der Waals surface area contributed by atoms with E-state index in [2.05, 4.69) is 63.0 Å². The van der Waals surface area contributed by atoms with Gasteiger partial charge < -0.3 is 14.7 Å². The molecule has 6 rings (SSSR count). The molecule has 0 unspecified atom stereocenters. The number of fused-ring (bicyclic) bond motifs is 2. The summed E-state index contributed by atoms with van der Waals surface area (Å²) in [5, 5.41) is 19.5. The second-order valence-electron chi connectivity index (χ2n) is 10.7. The summed E-state index contributed by atoms with van der Waals surface area (Å²) in [5.41, 5.74) is 1.32. The van der Waals surface area contributed by atoms with Crippen molar-refractivity contribution in [2.24, 2.45) is 11.8 Å². The summed E-state index contributed by atoms with van der Waals surface area (Å²) < 4.78 is 33.6. The van der Waals surface area contributed by atoms with Crippen LogP contribution in [0.2, 0.25) is 0 Å². The molecule has 7 nitrogen and oxygen atoms in total. The average Bonchev–Trinajstić information content (AvgIpc) is 3.72. The molecule has 3 saturated carbocycles. The maximum Gasteiger partial charge on any atom is 0.242 e. The number of nitrogens with zero attached hydrogens (tertiary/aromatic N) is 5. The fraction of sp³-hybridized carbons (Fsp3) is 0.481. The number of phenols is 1. The molecule has 4 atom stereocenters. The van der Waals surface area contributed by atoms with Gasteiger partial charge in [0.2, 0.25) is 15.4 Å². The van der Waals surface area contributed by atoms with Crippen molar-refractivity contribution >= 4 is 43.7 Å². The normalized spacial score (nSPS) is 24.8. The highest BCUT2D eigenvalue weighted by atomic mass is 32.2. The molecule has 3 aliphatic rings.